The van der Waals surface area contributed by atoms with E-state index in [0.717, 1.165) is 11.3 Å². The molecule has 2 N–H and O–H groups in total. The van der Waals surface area contributed by atoms with Crippen molar-refractivity contribution in [1.82, 2.24) is 9.97 Å². The van der Waals surface area contributed by atoms with Crippen molar-refractivity contribution in [3.8, 4) is 0 Å². The summed E-state index contributed by atoms with van der Waals surface area (Å²) in [7, 11) is -3.48. The fourth-order valence-electron chi connectivity index (χ4n) is 1.79. The van der Waals surface area contributed by atoms with Gasteiger partial charge in [-0.15, -0.1) is 0 Å². The van der Waals surface area contributed by atoms with Gasteiger partial charge in [0.25, 0.3) is 0 Å². The van der Waals surface area contributed by atoms with Crippen LogP contribution >= 0.6 is 0 Å². The van der Waals surface area contributed by atoms with Gasteiger partial charge in [-0.3, -0.25) is 4.72 Å². The molecule has 1 aromatic carbocycles. The number of sulfonamides is 1. The van der Waals surface area contributed by atoms with Crippen LogP contribution in [0.15, 0.2) is 37.0 Å². The minimum atomic E-state index is -3.48. The molecule has 0 radical (unpaired) electrons. The maximum absolute atomic E-state index is 12.3. The Balaban J connectivity index is 0. The van der Waals surface area contributed by atoms with Crippen LogP contribution in [0.5, 0.6) is 0 Å². The number of hydrogen-bond donors (Lipinski definition) is 2. The second-order valence-corrected chi connectivity index (χ2v) is 8.82. The Morgan fingerprint density at radius 2 is 1.81 bits per heavy atom. The third-order valence-corrected chi connectivity index (χ3v) is 5.47. The van der Waals surface area contributed by atoms with Crippen molar-refractivity contribution in [2.75, 3.05) is 10.0 Å². The number of nitrogens with one attached hydrogen (secondary N) is 2. The van der Waals surface area contributed by atoms with Crippen LogP contribution in [0.25, 0.3) is 6.08 Å². The van der Waals surface area contributed by atoms with E-state index in [1.807, 2.05) is 26.8 Å². The van der Waals surface area contributed by atoms with Gasteiger partial charge >= 0.3 is 0 Å². The Labute approximate surface area is 159 Å². The number of aromatic nitrogens is 2. The van der Waals surface area contributed by atoms with Gasteiger partial charge in [0, 0.05) is 20.3 Å². The minimum Gasteiger partial charge on any atom is -0.340 e. The standard InChI is InChI=1S/C17H22N4O2S.C2H6.2H2/c1-6-15-18-11-12(2)16(20-15)19-13-8-7-9-14(10-13)21-24(22,23)17(3,4)5;1-2;;/h6-11,21H,1H2,2-5H3,(H,18,19,20);1-2H3;2*1H. The molecule has 146 valence electrons. The van der Waals surface area contributed by atoms with E-state index in [1.54, 1.807) is 51.2 Å². The molecule has 0 aliphatic rings. The molecule has 0 aliphatic heterocycles. The molecule has 0 unspecified atom stereocenters. The normalized spacial score (nSPS) is 11.2. The zero-order valence-electron chi connectivity index (χ0n) is 16.3. The summed E-state index contributed by atoms with van der Waals surface area (Å²) >= 11 is 0. The third-order valence-electron chi connectivity index (χ3n) is 3.36. The highest BCUT2D eigenvalue weighted by Gasteiger charge is 2.28. The predicted octanol–water partition coefficient (Wildman–Crippen LogP) is 5.23. The molecule has 0 saturated carbocycles. The summed E-state index contributed by atoms with van der Waals surface area (Å²) in [6.45, 7) is 14.5. The van der Waals surface area contributed by atoms with E-state index in [1.165, 1.54) is 0 Å². The molecule has 2 rings (SSSR count). The van der Waals surface area contributed by atoms with Gasteiger partial charge in [0.15, 0.2) is 5.82 Å². The molecule has 0 aliphatic carbocycles. The quantitative estimate of drug-likeness (QED) is 0.742. The molecule has 7 heteroatoms. The number of anilines is 3. The van der Waals surface area contributed by atoms with Gasteiger partial charge in [-0.1, -0.05) is 26.5 Å². The molecule has 0 bridgehead atoms. The van der Waals surface area contributed by atoms with E-state index < -0.39 is 14.8 Å². The lowest BCUT2D eigenvalue weighted by Crippen LogP contribution is -2.33. The highest BCUT2D eigenvalue weighted by Crippen LogP contribution is 2.24. The molecule has 0 spiro atoms. The topological polar surface area (TPSA) is 84.0 Å². The van der Waals surface area contributed by atoms with Gasteiger partial charge in [-0.05, 0) is 52.0 Å². The highest BCUT2D eigenvalue weighted by molar-refractivity contribution is 7.94. The number of aryl methyl sites for hydroxylation is 1. The molecular formula is C19H32N4O2S. The fraction of sp³-hybridized carbons (Fsp3) is 0.368. The summed E-state index contributed by atoms with van der Waals surface area (Å²) in [6, 6.07) is 7.03. The van der Waals surface area contributed by atoms with Crippen molar-refractivity contribution in [2.45, 2.75) is 46.3 Å². The Hall–Kier alpha value is -2.41. The molecule has 1 aromatic heterocycles. The zero-order valence-corrected chi connectivity index (χ0v) is 17.1. The van der Waals surface area contributed by atoms with Gasteiger partial charge in [0.1, 0.15) is 5.82 Å². The number of hydrogen-bond acceptors (Lipinski definition) is 5. The first-order valence-electron chi connectivity index (χ1n) is 8.48. The Morgan fingerprint density at radius 3 is 2.38 bits per heavy atom. The molecular weight excluding hydrogens is 348 g/mol. The summed E-state index contributed by atoms with van der Waals surface area (Å²) in [5.41, 5.74) is 2.09. The lowest BCUT2D eigenvalue weighted by Gasteiger charge is -2.20. The van der Waals surface area contributed by atoms with Gasteiger partial charge in [0.2, 0.25) is 10.0 Å². The lowest BCUT2D eigenvalue weighted by molar-refractivity contribution is 0.566. The van der Waals surface area contributed by atoms with Crippen molar-refractivity contribution >= 4 is 33.3 Å². The molecule has 0 saturated heterocycles. The molecule has 1 heterocycles. The van der Waals surface area contributed by atoms with E-state index in [4.69, 9.17) is 0 Å². The predicted molar refractivity (Wildman–Crippen MR) is 114 cm³/mol. The first-order chi connectivity index (χ1) is 12.1. The molecule has 0 fully saturated rings. The van der Waals surface area contributed by atoms with Crippen molar-refractivity contribution < 1.29 is 11.3 Å². The minimum absolute atomic E-state index is 0. The second kappa shape index (κ2) is 8.80. The molecule has 26 heavy (non-hydrogen) atoms. The van der Waals surface area contributed by atoms with E-state index in [2.05, 4.69) is 26.6 Å². The maximum atomic E-state index is 12.3. The monoisotopic (exact) mass is 380 g/mol. The van der Waals surface area contributed by atoms with E-state index >= 15 is 0 Å². The van der Waals surface area contributed by atoms with Gasteiger partial charge in [0.05, 0.1) is 10.4 Å². The van der Waals surface area contributed by atoms with Crippen molar-refractivity contribution in [3.05, 3.63) is 48.4 Å². The Morgan fingerprint density at radius 1 is 1.19 bits per heavy atom. The van der Waals surface area contributed by atoms with Crippen LogP contribution in [-0.4, -0.2) is 23.1 Å². The average Bonchev–Trinajstić information content (AvgIpc) is 2.57. The smallest absolute Gasteiger partial charge is 0.237 e. The van der Waals surface area contributed by atoms with Crippen molar-refractivity contribution in [3.63, 3.8) is 0 Å². The van der Waals surface area contributed by atoms with Crippen LogP contribution in [0.3, 0.4) is 0 Å². The Bertz CT molecular complexity index is 866. The first kappa shape index (κ1) is 21.6. The number of rotatable bonds is 5. The fourth-order valence-corrected chi connectivity index (χ4v) is 2.53. The largest absolute Gasteiger partial charge is 0.340 e. The van der Waals surface area contributed by atoms with Crippen LogP contribution in [0.4, 0.5) is 17.2 Å². The summed E-state index contributed by atoms with van der Waals surface area (Å²) in [5.74, 6) is 1.17. The van der Waals surface area contributed by atoms with Crippen molar-refractivity contribution in [2.24, 2.45) is 0 Å². The molecule has 0 amide bonds. The average molecular weight is 381 g/mol. The van der Waals surface area contributed by atoms with E-state index in [0.29, 0.717) is 17.3 Å². The van der Waals surface area contributed by atoms with Gasteiger partial charge < -0.3 is 5.32 Å². The van der Waals surface area contributed by atoms with Crippen LogP contribution < -0.4 is 10.0 Å². The third kappa shape index (κ3) is 5.56. The summed E-state index contributed by atoms with van der Waals surface area (Å²) in [6.07, 6.45) is 3.27. The highest BCUT2D eigenvalue weighted by atomic mass is 32.2. The number of nitrogens with zero attached hydrogens (tertiary/aromatic N) is 2. The molecule has 6 nitrogen and oxygen atoms in total. The Kier molecular flexibility index (Phi) is 7.32. The van der Waals surface area contributed by atoms with Crippen molar-refractivity contribution in [1.29, 1.82) is 0 Å². The van der Waals surface area contributed by atoms with Crippen LogP contribution in [0, 0.1) is 6.92 Å². The van der Waals surface area contributed by atoms with Crippen LogP contribution in [0.1, 0.15) is 48.9 Å². The number of benzene rings is 1. The first-order valence-corrected chi connectivity index (χ1v) is 9.96. The van der Waals surface area contributed by atoms with Crippen LogP contribution in [-0.2, 0) is 10.0 Å². The summed E-state index contributed by atoms with van der Waals surface area (Å²) < 4.78 is 26.2. The zero-order chi connectivity index (χ0) is 20.0. The molecule has 0 atom stereocenters. The van der Waals surface area contributed by atoms with E-state index in [-0.39, 0.29) is 2.85 Å². The lowest BCUT2D eigenvalue weighted by atomic mass is 10.2. The maximum Gasteiger partial charge on any atom is 0.237 e. The second-order valence-electron chi connectivity index (χ2n) is 6.39. The van der Waals surface area contributed by atoms with Gasteiger partial charge in [-0.2, -0.15) is 0 Å². The van der Waals surface area contributed by atoms with E-state index in [9.17, 15) is 8.42 Å². The SMILES string of the molecule is C=Cc1ncc(C)c(Nc2cccc(NS(=O)(=O)C(C)(C)C)c2)n1.CC.[HH].[HH]. The summed E-state index contributed by atoms with van der Waals surface area (Å²) in [4.78, 5) is 8.48. The summed E-state index contributed by atoms with van der Waals surface area (Å²) in [5, 5.41) is 3.18. The van der Waals surface area contributed by atoms with Gasteiger partial charge in [-0.25, -0.2) is 18.4 Å². The molecule has 2 aromatic rings. The van der Waals surface area contributed by atoms with Crippen LogP contribution in [0.2, 0.25) is 0 Å².